The smallest absolute Gasteiger partial charge is 0.228 e. The van der Waals surface area contributed by atoms with Gasteiger partial charge in [-0.2, -0.15) is 0 Å². The fourth-order valence-corrected chi connectivity index (χ4v) is 3.83. The van der Waals surface area contributed by atoms with E-state index in [1.807, 2.05) is 24.3 Å². The van der Waals surface area contributed by atoms with Crippen LogP contribution in [0, 0.1) is 5.92 Å². The van der Waals surface area contributed by atoms with Crippen LogP contribution in [0.2, 0.25) is 0 Å². The molecular formula is C20H27N3O3. The summed E-state index contributed by atoms with van der Waals surface area (Å²) < 4.78 is 0. The molecule has 0 bridgehead atoms. The molecule has 2 saturated heterocycles. The molecule has 140 valence electrons. The van der Waals surface area contributed by atoms with Crippen molar-refractivity contribution >= 4 is 23.4 Å². The molecule has 0 aliphatic carbocycles. The number of carbonyl (C=O) groups is 3. The standard InChI is InChI=1S/C20H27N3O3/c1-14(2)17-6-4-5-7-18(17)23-13-16(12-19(23)25)20(26)22-10-8-21(9-11-22)15(3)24/h4-7,14,16H,8-13H2,1-3H3. The fraction of sp³-hybridized carbons (Fsp3) is 0.550. The van der Waals surface area contributed by atoms with Crippen molar-refractivity contribution in [3.63, 3.8) is 0 Å². The van der Waals surface area contributed by atoms with Crippen molar-refractivity contribution in [2.75, 3.05) is 37.6 Å². The number of rotatable bonds is 3. The Labute approximate surface area is 154 Å². The minimum atomic E-state index is -0.299. The zero-order valence-electron chi connectivity index (χ0n) is 15.8. The molecule has 1 atom stereocenters. The van der Waals surface area contributed by atoms with Crippen molar-refractivity contribution in [2.45, 2.75) is 33.1 Å². The summed E-state index contributed by atoms with van der Waals surface area (Å²) in [5, 5.41) is 0. The van der Waals surface area contributed by atoms with Crippen LogP contribution >= 0.6 is 0 Å². The Morgan fingerprint density at radius 3 is 2.27 bits per heavy atom. The zero-order valence-corrected chi connectivity index (χ0v) is 15.8. The molecule has 3 amide bonds. The van der Waals surface area contributed by atoms with Gasteiger partial charge in [-0.05, 0) is 17.5 Å². The highest BCUT2D eigenvalue weighted by Gasteiger charge is 2.38. The van der Waals surface area contributed by atoms with E-state index in [1.54, 1.807) is 21.6 Å². The second-order valence-electron chi connectivity index (χ2n) is 7.45. The van der Waals surface area contributed by atoms with Crippen LogP contribution in [0.3, 0.4) is 0 Å². The number of para-hydroxylation sites is 1. The number of piperazine rings is 1. The largest absolute Gasteiger partial charge is 0.339 e. The molecule has 3 rings (SSSR count). The summed E-state index contributed by atoms with van der Waals surface area (Å²) >= 11 is 0. The Bertz CT molecular complexity index is 708. The van der Waals surface area contributed by atoms with Crippen molar-refractivity contribution < 1.29 is 14.4 Å². The van der Waals surface area contributed by atoms with E-state index in [4.69, 9.17) is 0 Å². The molecule has 2 aliphatic heterocycles. The topological polar surface area (TPSA) is 60.9 Å². The lowest BCUT2D eigenvalue weighted by atomic mass is 10.0. The third-order valence-corrected chi connectivity index (χ3v) is 5.36. The molecule has 6 nitrogen and oxygen atoms in total. The van der Waals surface area contributed by atoms with Gasteiger partial charge in [0.1, 0.15) is 0 Å². The molecule has 0 saturated carbocycles. The number of benzene rings is 1. The summed E-state index contributed by atoms with van der Waals surface area (Å²) in [7, 11) is 0. The first-order valence-electron chi connectivity index (χ1n) is 9.32. The second kappa shape index (κ2) is 7.48. The predicted octanol–water partition coefficient (Wildman–Crippen LogP) is 1.85. The first-order valence-corrected chi connectivity index (χ1v) is 9.32. The molecule has 1 unspecified atom stereocenters. The number of hydrogen-bond acceptors (Lipinski definition) is 3. The average molecular weight is 357 g/mol. The van der Waals surface area contributed by atoms with Gasteiger partial charge in [-0.1, -0.05) is 32.0 Å². The lowest BCUT2D eigenvalue weighted by Crippen LogP contribution is -2.51. The second-order valence-corrected chi connectivity index (χ2v) is 7.45. The van der Waals surface area contributed by atoms with Crippen LogP contribution in [0.4, 0.5) is 5.69 Å². The van der Waals surface area contributed by atoms with Crippen LogP contribution in [-0.4, -0.2) is 60.2 Å². The average Bonchev–Trinajstić information content (AvgIpc) is 3.02. The third-order valence-electron chi connectivity index (χ3n) is 5.36. The molecule has 2 heterocycles. The summed E-state index contributed by atoms with van der Waals surface area (Å²) in [6, 6.07) is 7.93. The van der Waals surface area contributed by atoms with Gasteiger partial charge in [0.05, 0.1) is 5.92 Å². The van der Waals surface area contributed by atoms with Gasteiger partial charge in [-0.3, -0.25) is 14.4 Å². The molecule has 2 fully saturated rings. The molecular weight excluding hydrogens is 330 g/mol. The van der Waals surface area contributed by atoms with Crippen molar-refractivity contribution in [3.8, 4) is 0 Å². The molecule has 0 aromatic heterocycles. The molecule has 26 heavy (non-hydrogen) atoms. The van der Waals surface area contributed by atoms with E-state index in [2.05, 4.69) is 13.8 Å². The van der Waals surface area contributed by atoms with Crippen LogP contribution in [0.15, 0.2) is 24.3 Å². The molecule has 6 heteroatoms. The first-order chi connectivity index (χ1) is 12.4. The van der Waals surface area contributed by atoms with Gasteiger partial charge in [-0.25, -0.2) is 0 Å². The molecule has 0 spiro atoms. The molecule has 1 aromatic rings. The van der Waals surface area contributed by atoms with Crippen LogP contribution < -0.4 is 4.90 Å². The highest BCUT2D eigenvalue weighted by Crippen LogP contribution is 2.32. The van der Waals surface area contributed by atoms with Crippen LogP contribution in [-0.2, 0) is 14.4 Å². The van der Waals surface area contributed by atoms with Gasteiger partial charge < -0.3 is 14.7 Å². The Balaban J connectivity index is 1.69. The monoisotopic (exact) mass is 357 g/mol. The summed E-state index contributed by atoms with van der Waals surface area (Å²) in [6.45, 7) is 8.44. The SMILES string of the molecule is CC(=O)N1CCN(C(=O)C2CC(=O)N(c3ccccc3C(C)C)C2)CC1. The van der Waals surface area contributed by atoms with E-state index in [-0.39, 0.29) is 30.1 Å². The molecule has 1 aromatic carbocycles. The highest BCUT2D eigenvalue weighted by molar-refractivity contribution is 6.01. The predicted molar refractivity (Wildman–Crippen MR) is 99.8 cm³/mol. The number of hydrogen-bond donors (Lipinski definition) is 0. The van der Waals surface area contributed by atoms with E-state index in [9.17, 15) is 14.4 Å². The van der Waals surface area contributed by atoms with Crippen molar-refractivity contribution in [1.29, 1.82) is 0 Å². The minimum Gasteiger partial charge on any atom is -0.339 e. The van der Waals surface area contributed by atoms with Crippen molar-refractivity contribution in [2.24, 2.45) is 5.92 Å². The van der Waals surface area contributed by atoms with Gasteiger partial charge in [0, 0.05) is 51.8 Å². The summed E-state index contributed by atoms with van der Waals surface area (Å²) in [5.41, 5.74) is 2.05. The summed E-state index contributed by atoms with van der Waals surface area (Å²) in [5.74, 6) is 0.106. The van der Waals surface area contributed by atoms with Crippen LogP contribution in [0.25, 0.3) is 0 Å². The van der Waals surface area contributed by atoms with Crippen LogP contribution in [0.1, 0.15) is 38.7 Å². The maximum absolute atomic E-state index is 12.9. The van der Waals surface area contributed by atoms with E-state index in [0.717, 1.165) is 11.3 Å². The Hall–Kier alpha value is -2.37. The van der Waals surface area contributed by atoms with E-state index < -0.39 is 0 Å². The third kappa shape index (κ3) is 3.59. The lowest BCUT2D eigenvalue weighted by Gasteiger charge is -2.35. The Morgan fingerprint density at radius 2 is 1.65 bits per heavy atom. The normalized spacial score (nSPS) is 20.8. The summed E-state index contributed by atoms with van der Waals surface area (Å²) in [4.78, 5) is 42.2. The zero-order chi connectivity index (χ0) is 18.8. The summed E-state index contributed by atoms with van der Waals surface area (Å²) in [6.07, 6.45) is 0.262. The Morgan fingerprint density at radius 1 is 1.04 bits per heavy atom. The van der Waals surface area contributed by atoms with Gasteiger partial charge in [0.25, 0.3) is 0 Å². The van der Waals surface area contributed by atoms with Gasteiger partial charge in [0.2, 0.25) is 17.7 Å². The number of nitrogens with zero attached hydrogens (tertiary/aromatic N) is 3. The molecule has 0 radical (unpaired) electrons. The van der Waals surface area contributed by atoms with E-state index >= 15 is 0 Å². The Kier molecular flexibility index (Phi) is 5.30. The number of carbonyl (C=O) groups excluding carboxylic acids is 3. The van der Waals surface area contributed by atoms with Crippen molar-refractivity contribution in [3.05, 3.63) is 29.8 Å². The van der Waals surface area contributed by atoms with Crippen LogP contribution in [0.5, 0.6) is 0 Å². The maximum atomic E-state index is 12.9. The highest BCUT2D eigenvalue weighted by atomic mass is 16.2. The maximum Gasteiger partial charge on any atom is 0.228 e. The minimum absolute atomic E-state index is 0.0128. The quantitative estimate of drug-likeness (QED) is 0.829. The first kappa shape index (κ1) is 18.4. The van der Waals surface area contributed by atoms with E-state index in [1.165, 1.54) is 0 Å². The lowest BCUT2D eigenvalue weighted by molar-refractivity contribution is -0.141. The molecule has 2 aliphatic rings. The fourth-order valence-electron chi connectivity index (χ4n) is 3.83. The van der Waals surface area contributed by atoms with E-state index in [0.29, 0.717) is 38.6 Å². The number of anilines is 1. The van der Waals surface area contributed by atoms with Crippen molar-refractivity contribution in [1.82, 2.24) is 9.80 Å². The van der Waals surface area contributed by atoms with Gasteiger partial charge in [0.15, 0.2) is 0 Å². The van der Waals surface area contributed by atoms with Gasteiger partial charge >= 0.3 is 0 Å². The number of amides is 3. The van der Waals surface area contributed by atoms with Gasteiger partial charge in [-0.15, -0.1) is 0 Å². The molecule has 0 N–H and O–H groups in total.